The molecule has 27 heavy (non-hydrogen) atoms. The number of hydrogen-bond acceptors (Lipinski definition) is 3. The van der Waals surface area contributed by atoms with Crippen molar-refractivity contribution >= 4 is 18.3 Å². The van der Waals surface area contributed by atoms with E-state index in [4.69, 9.17) is 10.2 Å². The van der Waals surface area contributed by atoms with Crippen LogP contribution in [-0.4, -0.2) is 29.9 Å². The number of benzene rings is 1. The van der Waals surface area contributed by atoms with Crippen LogP contribution in [0.5, 0.6) is 0 Å². The van der Waals surface area contributed by atoms with Crippen molar-refractivity contribution < 1.29 is 9.21 Å². The van der Waals surface area contributed by atoms with Crippen molar-refractivity contribution in [3.63, 3.8) is 0 Å². The lowest BCUT2D eigenvalue weighted by Crippen LogP contribution is -2.42. The molecule has 1 aliphatic rings. The van der Waals surface area contributed by atoms with E-state index in [1.54, 1.807) is 6.07 Å². The van der Waals surface area contributed by atoms with Crippen molar-refractivity contribution in [2.45, 2.75) is 52.0 Å². The fourth-order valence-corrected chi connectivity index (χ4v) is 3.53. The summed E-state index contributed by atoms with van der Waals surface area (Å²) in [6.07, 6.45) is 1.93. The number of rotatable bonds is 3. The summed E-state index contributed by atoms with van der Waals surface area (Å²) in [5.41, 5.74) is 8.38. The molecule has 3 rings (SSSR count). The van der Waals surface area contributed by atoms with Crippen molar-refractivity contribution in [3.05, 3.63) is 47.7 Å². The lowest BCUT2D eigenvalue weighted by Gasteiger charge is -2.33. The van der Waals surface area contributed by atoms with E-state index in [0.717, 1.165) is 37.3 Å². The van der Waals surface area contributed by atoms with Gasteiger partial charge in [0.05, 0.1) is 0 Å². The standard InChI is InChI=1S/C22H30N2O2.ClH/c1-15(23)16-11-13-24(14-12-16)21(25)20-10-9-19(26-20)17-5-7-18(8-6-17)22(2,3)4;/h5-10,15-16H,11-14,23H2,1-4H3;1H. The Balaban J connectivity index is 0.00000261. The molecule has 1 aliphatic heterocycles. The molecule has 4 nitrogen and oxygen atoms in total. The molecule has 0 saturated carbocycles. The lowest BCUT2D eigenvalue weighted by molar-refractivity contribution is 0.0650. The van der Waals surface area contributed by atoms with E-state index in [1.807, 2.05) is 17.9 Å². The summed E-state index contributed by atoms with van der Waals surface area (Å²) in [5.74, 6) is 1.64. The molecule has 2 heterocycles. The van der Waals surface area contributed by atoms with Crippen LogP contribution in [0.2, 0.25) is 0 Å². The second-order valence-corrected chi connectivity index (χ2v) is 8.48. The highest BCUT2D eigenvalue weighted by Gasteiger charge is 2.27. The van der Waals surface area contributed by atoms with Crippen LogP contribution in [0.25, 0.3) is 11.3 Å². The Bertz CT molecular complexity index is 751. The number of piperidine rings is 1. The molecule has 0 aliphatic carbocycles. The smallest absolute Gasteiger partial charge is 0.289 e. The second-order valence-electron chi connectivity index (χ2n) is 8.48. The second kappa shape index (κ2) is 8.49. The van der Waals surface area contributed by atoms with Crippen LogP contribution in [0.3, 0.4) is 0 Å². The summed E-state index contributed by atoms with van der Waals surface area (Å²) < 4.78 is 5.87. The van der Waals surface area contributed by atoms with Gasteiger partial charge in [-0.3, -0.25) is 4.79 Å². The third kappa shape index (κ3) is 4.94. The van der Waals surface area contributed by atoms with Gasteiger partial charge < -0.3 is 15.1 Å². The summed E-state index contributed by atoms with van der Waals surface area (Å²) in [7, 11) is 0. The van der Waals surface area contributed by atoms with Gasteiger partial charge in [-0.25, -0.2) is 0 Å². The van der Waals surface area contributed by atoms with Crippen LogP contribution < -0.4 is 5.73 Å². The van der Waals surface area contributed by atoms with Crippen LogP contribution >= 0.6 is 12.4 Å². The van der Waals surface area contributed by atoms with Crippen molar-refractivity contribution in [1.82, 2.24) is 4.90 Å². The van der Waals surface area contributed by atoms with Crippen LogP contribution in [0.15, 0.2) is 40.8 Å². The van der Waals surface area contributed by atoms with Gasteiger partial charge in [-0.15, -0.1) is 12.4 Å². The third-order valence-electron chi connectivity index (χ3n) is 5.42. The zero-order valence-corrected chi connectivity index (χ0v) is 17.5. The predicted molar refractivity (Wildman–Crippen MR) is 112 cm³/mol. The largest absolute Gasteiger partial charge is 0.451 e. The molecule has 1 amide bonds. The number of halogens is 1. The van der Waals surface area contributed by atoms with Gasteiger partial charge in [-0.2, -0.15) is 0 Å². The molecular formula is C22H31ClN2O2. The van der Waals surface area contributed by atoms with Gasteiger partial charge in [0.25, 0.3) is 5.91 Å². The summed E-state index contributed by atoms with van der Waals surface area (Å²) in [4.78, 5) is 14.6. The van der Waals surface area contributed by atoms with E-state index in [-0.39, 0.29) is 29.8 Å². The first-order chi connectivity index (χ1) is 12.3. The van der Waals surface area contributed by atoms with E-state index in [2.05, 4.69) is 45.0 Å². The molecular weight excluding hydrogens is 360 g/mol. The summed E-state index contributed by atoms with van der Waals surface area (Å²) in [6, 6.07) is 12.2. The zero-order valence-electron chi connectivity index (χ0n) is 16.7. The first-order valence-corrected chi connectivity index (χ1v) is 9.51. The Morgan fingerprint density at radius 1 is 1.11 bits per heavy atom. The minimum atomic E-state index is -0.0225. The van der Waals surface area contributed by atoms with Gasteiger partial charge in [0.1, 0.15) is 5.76 Å². The Morgan fingerprint density at radius 3 is 2.22 bits per heavy atom. The highest BCUT2D eigenvalue weighted by Crippen LogP contribution is 2.28. The van der Waals surface area contributed by atoms with Gasteiger partial charge in [0, 0.05) is 24.7 Å². The van der Waals surface area contributed by atoms with Crippen LogP contribution in [0.1, 0.15) is 56.7 Å². The Labute approximate surface area is 168 Å². The molecule has 0 spiro atoms. The fourth-order valence-electron chi connectivity index (χ4n) is 3.53. The third-order valence-corrected chi connectivity index (χ3v) is 5.42. The molecule has 1 unspecified atom stereocenters. The molecule has 0 radical (unpaired) electrons. The number of nitrogens with two attached hydrogens (primary N) is 1. The number of likely N-dealkylation sites (tertiary alicyclic amines) is 1. The first-order valence-electron chi connectivity index (χ1n) is 9.51. The lowest BCUT2D eigenvalue weighted by atomic mass is 9.86. The van der Waals surface area contributed by atoms with Crippen molar-refractivity contribution in [2.75, 3.05) is 13.1 Å². The molecule has 148 valence electrons. The van der Waals surface area contributed by atoms with Gasteiger partial charge >= 0.3 is 0 Å². The van der Waals surface area contributed by atoms with Gasteiger partial charge in [0.15, 0.2) is 5.76 Å². The van der Waals surface area contributed by atoms with E-state index in [1.165, 1.54) is 5.56 Å². The van der Waals surface area contributed by atoms with Gasteiger partial charge in [0.2, 0.25) is 0 Å². The average molecular weight is 391 g/mol. The number of amides is 1. The van der Waals surface area contributed by atoms with Crippen LogP contribution in [0, 0.1) is 5.92 Å². The number of nitrogens with zero attached hydrogens (tertiary/aromatic N) is 1. The van der Waals surface area contributed by atoms with Crippen molar-refractivity contribution in [3.8, 4) is 11.3 Å². The van der Waals surface area contributed by atoms with E-state index >= 15 is 0 Å². The SMILES string of the molecule is CC(N)C1CCN(C(=O)c2ccc(-c3ccc(C(C)(C)C)cc3)o2)CC1.Cl. The molecule has 1 fully saturated rings. The Hall–Kier alpha value is -1.78. The first kappa shape index (κ1) is 21.5. The normalized spacial score (nSPS) is 16.7. The highest BCUT2D eigenvalue weighted by molar-refractivity contribution is 5.92. The quantitative estimate of drug-likeness (QED) is 0.813. The number of furan rings is 1. The van der Waals surface area contributed by atoms with E-state index < -0.39 is 0 Å². The zero-order chi connectivity index (χ0) is 18.9. The van der Waals surface area contributed by atoms with Crippen molar-refractivity contribution in [1.29, 1.82) is 0 Å². The molecule has 0 bridgehead atoms. The maximum Gasteiger partial charge on any atom is 0.289 e. The number of carbonyl (C=O) groups is 1. The molecule has 2 aromatic rings. The molecule has 1 aromatic carbocycles. The maximum atomic E-state index is 12.7. The van der Waals surface area contributed by atoms with Crippen LogP contribution in [0.4, 0.5) is 0 Å². The molecule has 5 heteroatoms. The minimum Gasteiger partial charge on any atom is -0.451 e. The average Bonchev–Trinajstić information content (AvgIpc) is 3.10. The molecule has 1 aromatic heterocycles. The fraction of sp³-hybridized carbons (Fsp3) is 0.500. The Kier molecular flexibility index (Phi) is 6.77. The Morgan fingerprint density at radius 2 is 1.70 bits per heavy atom. The maximum absolute atomic E-state index is 12.7. The van der Waals surface area contributed by atoms with Gasteiger partial charge in [-0.05, 0) is 48.8 Å². The summed E-state index contributed by atoms with van der Waals surface area (Å²) in [6.45, 7) is 10.1. The molecule has 1 atom stereocenters. The predicted octanol–water partition coefficient (Wildman–Crippen LogP) is 4.87. The van der Waals surface area contributed by atoms with Crippen molar-refractivity contribution in [2.24, 2.45) is 11.7 Å². The van der Waals surface area contributed by atoms with Crippen LogP contribution in [-0.2, 0) is 5.41 Å². The molecule has 2 N–H and O–H groups in total. The summed E-state index contributed by atoms with van der Waals surface area (Å²) >= 11 is 0. The van der Waals surface area contributed by atoms with Gasteiger partial charge in [-0.1, -0.05) is 45.0 Å². The minimum absolute atomic E-state index is 0. The number of carbonyl (C=O) groups excluding carboxylic acids is 1. The topological polar surface area (TPSA) is 59.5 Å². The number of hydrogen-bond donors (Lipinski definition) is 1. The molecule has 1 saturated heterocycles. The monoisotopic (exact) mass is 390 g/mol. The van der Waals surface area contributed by atoms with E-state index in [0.29, 0.717) is 11.7 Å². The summed E-state index contributed by atoms with van der Waals surface area (Å²) in [5, 5.41) is 0. The highest BCUT2D eigenvalue weighted by atomic mass is 35.5. The van der Waals surface area contributed by atoms with E-state index in [9.17, 15) is 4.79 Å².